The van der Waals surface area contributed by atoms with Crippen molar-refractivity contribution >= 4 is 34.6 Å². The van der Waals surface area contributed by atoms with Crippen LogP contribution in [0.1, 0.15) is 6.92 Å². The molecule has 0 aromatic heterocycles. The number of hydrogen-bond donors (Lipinski definition) is 1. The molecule has 1 N–H and O–H groups in total. The number of nitro benzene ring substituents is 1. The normalized spacial score (nSPS) is 19.5. The first-order chi connectivity index (χ1) is 10.0. The Morgan fingerprint density at radius 2 is 2.14 bits per heavy atom. The maximum Gasteiger partial charge on any atom is 0.272 e. The van der Waals surface area contributed by atoms with Crippen molar-refractivity contribution in [3.63, 3.8) is 0 Å². The molecule has 1 aromatic carbocycles. The number of nitrogens with zero attached hydrogens (tertiary/aromatic N) is 2. The molecular formula is C13H17Cl2N3O3. The van der Waals surface area contributed by atoms with Crippen LogP contribution in [0.4, 0.5) is 11.4 Å². The highest BCUT2D eigenvalue weighted by molar-refractivity contribution is 6.39. The summed E-state index contributed by atoms with van der Waals surface area (Å²) in [5.41, 5.74) is 0.378. The van der Waals surface area contributed by atoms with Gasteiger partial charge in [0.25, 0.3) is 5.69 Å². The number of halogens is 2. The van der Waals surface area contributed by atoms with Gasteiger partial charge in [-0.25, -0.2) is 0 Å². The summed E-state index contributed by atoms with van der Waals surface area (Å²) in [6.07, 6.45) is 0.0426. The van der Waals surface area contributed by atoms with Crippen molar-refractivity contribution in [1.29, 1.82) is 0 Å². The van der Waals surface area contributed by atoms with Crippen LogP contribution >= 0.6 is 23.2 Å². The Morgan fingerprint density at radius 1 is 1.48 bits per heavy atom. The summed E-state index contributed by atoms with van der Waals surface area (Å²) in [5.74, 6) is 0. The standard InChI is InChI=1S/C13H17Cl2N3O3/c1-2-17-3-4-21-10(8-17)7-16-13-11(14)5-9(18(19)20)6-12(13)15/h5-6,10,16H,2-4,7-8H2,1H3. The van der Waals surface area contributed by atoms with E-state index >= 15 is 0 Å². The van der Waals surface area contributed by atoms with Gasteiger partial charge in [-0.1, -0.05) is 30.1 Å². The molecule has 0 bridgehead atoms. The maximum absolute atomic E-state index is 10.7. The van der Waals surface area contributed by atoms with Gasteiger partial charge in [0.05, 0.1) is 33.4 Å². The van der Waals surface area contributed by atoms with Crippen molar-refractivity contribution in [3.05, 3.63) is 32.3 Å². The Balaban J connectivity index is 2.01. The van der Waals surface area contributed by atoms with Crippen LogP contribution in [0.15, 0.2) is 12.1 Å². The van der Waals surface area contributed by atoms with E-state index in [2.05, 4.69) is 17.1 Å². The van der Waals surface area contributed by atoms with Crippen molar-refractivity contribution in [3.8, 4) is 0 Å². The lowest BCUT2D eigenvalue weighted by Gasteiger charge is -2.32. The Labute approximate surface area is 133 Å². The van der Waals surface area contributed by atoms with E-state index in [1.54, 1.807) is 0 Å². The van der Waals surface area contributed by atoms with Gasteiger partial charge in [-0.2, -0.15) is 0 Å². The SMILES string of the molecule is CCN1CCOC(CNc2c(Cl)cc([N+](=O)[O-])cc2Cl)C1. The first-order valence-electron chi connectivity index (χ1n) is 6.72. The number of non-ortho nitro benzene ring substituents is 1. The topological polar surface area (TPSA) is 67.6 Å². The molecule has 1 aromatic rings. The molecule has 0 radical (unpaired) electrons. The van der Waals surface area contributed by atoms with Crippen LogP contribution in [0.5, 0.6) is 0 Å². The molecule has 8 heteroatoms. The van der Waals surface area contributed by atoms with Gasteiger partial charge in [-0.05, 0) is 6.54 Å². The van der Waals surface area contributed by atoms with Crippen molar-refractivity contribution in [1.82, 2.24) is 4.90 Å². The van der Waals surface area contributed by atoms with Gasteiger partial charge >= 0.3 is 0 Å². The van der Waals surface area contributed by atoms with Crippen LogP contribution in [0.25, 0.3) is 0 Å². The summed E-state index contributed by atoms with van der Waals surface area (Å²) >= 11 is 12.1. The Kier molecular flexibility index (Phi) is 5.64. The van der Waals surface area contributed by atoms with Crippen LogP contribution in [0.2, 0.25) is 10.0 Å². The zero-order chi connectivity index (χ0) is 15.4. The first-order valence-corrected chi connectivity index (χ1v) is 7.48. The summed E-state index contributed by atoms with van der Waals surface area (Å²) in [6.45, 7) is 6.12. The fourth-order valence-electron chi connectivity index (χ4n) is 2.24. The van der Waals surface area contributed by atoms with E-state index in [4.69, 9.17) is 27.9 Å². The molecule has 116 valence electrons. The number of nitro groups is 1. The van der Waals surface area contributed by atoms with Gasteiger partial charge in [0.2, 0.25) is 0 Å². The number of hydrogen-bond acceptors (Lipinski definition) is 5. The lowest BCUT2D eigenvalue weighted by molar-refractivity contribution is -0.384. The quantitative estimate of drug-likeness (QED) is 0.662. The number of nitrogens with one attached hydrogen (secondary N) is 1. The highest BCUT2D eigenvalue weighted by Gasteiger charge is 2.20. The first kappa shape index (κ1) is 16.3. The molecule has 0 saturated carbocycles. The number of rotatable bonds is 5. The molecule has 1 aliphatic heterocycles. The van der Waals surface area contributed by atoms with E-state index in [1.165, 1.54) is 12.1 Å². The molecule has 1 fully saturated rings. The van der Waals surface area contributed by atoms with Crippen LogP contribution in [0, 0.1) is 10.1 Å². The van der Waals surface area contributed by atoms with E-state index in [9.17, 15) is 10.1 Å². The second-order valence-electron chi connectivity index (χ2n) is 4.81. The van der Waals surface area contributed by atoms with Crippen molar-refractivity contribution in [2.75, 3.05) is 38.1 Å². The average Bonchev–Trinajstić information content (AvgIpc) is 2.46. The molecule has 0 amide bonds. The number of benzene rings is 1. The predicted molar refractivity (Wildman–Crippen MR) is 83.5 cm³/mol. The third-order valence-corrected chi connectivity index (χ3v) is 4.01. The summed E-state index contributed by atoms with van der Waals surface area (Å²) < 4.78 is 5.67. The highest BCUT2D eigenvalue weighted by atomic mass is 35.5. The summed E-state index contributed by atoms with van der Waals surface area (Å²) in [7, 11) is 0. The van der Waals surface area contributed by atoms with Crippen LogP contribution in [-0.4, -0.2) is 48.7 Å². The Hall–Kier alpha value is -1.08. The summed E-state index contributed by atoms with van der Waals surface area (Å²) in [5, 5.41) is 14.3. The smallest absolute Gasteiger partial charge is 0.272 e. The molecule has 1 aliphatic rings. The van der Waals surface area contributed by atoms with Crippen LogP contribution in [-0.2, 0) is 4.74 Å². The lowest BCUT2D eigenvalue weighted by atomic mass is 10.2. The fourth-order valence-corrected chi connectivity index (χ4v) is 2.85. The van der Waals surface area contributed by atoms with Gasteiger partial charge in [-0.3, -0.25) is 15.0 Å². The Morgan fingerprint density at radius 3 is 2.71 bits per heavy atom. The lowest BCUT2D eigenvalue weighted by Crippen LogP contribution is -2.45. The maximum atomic E-state index is 10.7. The molecule has 21 heavy (non-hydrogen) atoms. The predicted octanol–water partition coefficient (Wildman–Crippen LogP) is 3.03. The fraction of sp³-hybridized carbons (Fsp3) is 0.538. The average molecular weight is 334 g/mol. The summed E-state index contributed by atoms with van der Waals surface area (Å²) in [6, 6.07) is 2.58. The molecule has 0 spiro atoms. The monoisotopic (exact) mass is 333 g/mol. The minimum absolute atomic E-state index is 0.0426. The molecule has 1 heterocycles. The Bertz CT molecular complexity index is 504. The van der Waals surface area contributed by atoms with Gasteiger partial charge in [-0.15, -0.1) is 0 Å². The molecule has 2 rings (SSSR count). The third-order valence-electron chi connectivity index (χ3n) is 3.41. The van der Waals surface area contributed by atoms with E-state index in [1.807, 2.05) is 0 Å². The van der Waals surface area contributed by atoms with Crippen LogP contribution in [0.3, 0.4) is 0 Å². The van der Waals surface area contributed by atoms with Gasteiger partial charge in [0, 0.05) is 31.8 Å². The van der Waals surface area contributed by atoms with Gasteiger partial charge in [0.15, 0.2) is 0 Å². The summed E-state index contributed by atoms with van der Waals surface area (Å²) in [4.78, 5) is 12.5. The van der Waals surface area contributed by atoms with E-state index in [0.717, 1.165) is 19.6 Å². The van der Waals surface area contributed by atoms with E-state index < -0.39 is 4.92 Å². The van der Waals surface area contributed by atoms with Crippen molar-refractivity contribution < 1.29 is 9.66 Å². The molecule has 6 nitrogen and oxygen atoms in total. The number of likely N-dealkylation sites (N-methyl/N-ethyl adjacent to an activating group) is 1. The van der Waals surface area contributed by atoms with E-state index in [-0.39, 0.29) is 21.8 Å². The minimum Gasteiger partial charge on any atom is -0.380 e. The second-order valence-corrected chi connectivity index (χ2v) is 5.62. The zero-order valence-corrected chi connectivity index (χ0v) is 13.2. The largest absolute Gasteiger partial charge is 0.380 e. The van der Waals surface area contributed by atoms with Crippen LogP contribution < -0.4 is 5.32 Å². The van der Waals surface area contributed by atoms with Gasteiger partial charge in [0.1, 0.15) is 0 Å². The van der Waals surface area contributed by atoms with Crippen molar-refractivity contribution in [2.24, 2.45) is 0 Å². The molecule has 1 unspecified atom stereocenters. The number of morpholine rings is 1. The third kappa shape index (κ3) is 4.20. The molecule has 0 aliphatic carbocycles. The molecule has 1 saturated heterocycles. The van der Waals surface area contributed by atoms with E-state index in [0.29, 0.717) is 18.8 Å². The highest BCUT2D eigenvalue weighted by Crippen LogP contribution is 2.34. The molecular weight excluding hydrogens is 317 g/mol. The minimum atomic E-state index is -0.523. The number of ether oxygens (including phenoxy) is 1. The number of anilines is 1. The molecule has 1 atom stereocenters. The zero-order valence-electron chi connectivity index (χ0n) is 11.6. The second kappa shape index (κ2) is 7.26. The van der Waals surface area contributed by atoms with Gasteiger partial charge < -0.3 is 10.1 Å². The van der Waals surface area contributed by atoms with Crippen molar-refractivity contribution in [2.45, 2.75) is 13.0 Å².